The number of nitrogens with one attached hydrogen (secondary N) is 1. The van der Waals surface area contributed by atoms with E-state index in [1.165, 1.54) is 24.3 Å². The van der Waals surface area contributed by atoms with Crippen LogP contribution < -0.4 is 4.72 Å². The summed E-state index contributed by atoms with van der Waals surface area (Å²) in [6, 6.07) is 12.8. The van der Waals surface area contributed by atoms with Gasteiger partial charge in [0, 0.05) is 10.7 Å². The summed E-state index contributed by atoms with van der Waals surface area (Å²) >= 11 is 16.0. The van der Waals surface area contributed by atoms with E-state index in [9.17, 15) is 8.42 Å². The Morgan fingerprint density at radius 2 is 1.56 bits per heavy atom. The molecule has 0 saturated heterocycles. The Labute approximate surface area is 174 Å². The SMILES string of the molecule is O=S(=O)(Nc1ccc(-n2nc(Br)c(Br)c2Br)cc1)c1ccc(Cl)cc1. The average molecular weight is 570 g/mol. The normalized spacial score (nSPS) is 11.5. The molecule has 1 aromatic heterocycles. The van der Waals surface area contributed by atoms with Gasteiger partial charge in [-0.2, -0.15) is 5.10 Å². The number of anilines is 1. The molecule has 0 aliphatic carbocycles. The summed E-state index contributed by atoms with van der Waals surface area (Å²) in [5.41, 5.74) is 1.22. The van der Waals surface area contributed by atoms with Crippen molar-refractivity contribution in [1.82, 2.24) is 9.78 Å². The van der Waals surface area contributed by atoms with Gasteiger partial charge in [0.05, 0.1) is 15.1 Å². The molecule has 1 heterocycles. The standard InChI is InChI=1S/C15H9Br3ClN3O2S/c16-13-14(17)20-22(15(13)18)11-5-3-10(4-6-11)21-25(23,24)12-7-1-9(19)2-8-12/h1-8,21H. The van der Waals surface area contributed by atoms with Gasteiger partial charge in [0.25, 0.3) is 10.0 Å². The van der Waals surface area contributed by atoms with Gasteiger partial charge in [-0.15, -0.1) is 0 Å². The summed E-state index contributed by atoms with van der Waals surface area (Å²) in [6.07, 6.45) is 0. The largest absolute Gasteiger partial charge is 0.280 e. The number of aromatic nitrogens is 2. The highest BCUT2D eigenvalue weighted by Gasteiger charge is 2.15. The summed E-state index contributed by atoms with van der Waals surface area (Å²) in [6.45, 7) is 0. The van der Waals surface area contributed by atoms with Crippen molar-refractivity contribution in [3.05, 3.63) is 67.2 Å². The molecule has 0 amide bonds. The topological polar surface area (TPSA) is 64.0 Å². The van der Waals surface area contributed by atoms with Crippen molar-refractivity contribution in [2.75, 3.05) is 4.72 Å². The van der Waals surface area contributed by atoms with Crippen LogP contribution in [-0.2, 0) is 10.0 Å². The Hall–Kier alpha value is -0.870. The van der Waals surface area contributed by atoms with Crippen molar-refractivity contribution in [2.24, 2.45) is 0 Å². The van der Waals surface area contributed by atoms with Crippen LogP contribution in [-0.4, -0.2) is 18.2 Å². The summed E-state index contributed by atoms with van der Waals surface area (Å²) in [4.78, 5) is 0.142. The second-order valence-corrected chi connectivity index (χ2v) is 9.33. The lowest BCUT2D eigenvalue weighted by atomic mass is 10.3. The molecule has 0 spiro atoms. The smallest absolute Gasteiger partial charge is 0.261 e. The molecule has 0 unspecified atom stereocenters. The van der Waals surface area contributed by atoms with E-state index < -0.39 is 10.0 Å². The van der Waals surface area contributed by atoms with Gasteiger partial charge in [0.15, 0.2) is 0 Å². The van der Waals surface area contributed by atoms with Crippen molar-refractivity contribution in [3.63, 3.8) is 0 Å². The van der Waals surface area contributed by atoms with Crippen molar-refractivity contribution in [1.29, 1.82) is 0 Å². The lowest BCUT2D eigenvalue weighted by molar-refractivity contribution is 0.601. The highest BCUT2D eigenvalue weighted by Crippen LogP contribution is 2.32. The van der Waals surface area contributed by atoms with Crippen LogP contribution in [0.2, 0.25) is 5.02 Å². The van der Waals surface area contributed by atoms with E-state index in [1.807, 2.05) is 0 Å². The first kappa shape index (κ1) is 18.9. The summed E-state index contributed by atoms with van der Waals surface area (Å²) in [5.74, 6) is 0. The van der Waals surface area contributed by atoms with Crippen LogP contribution in [0.4, 0.5) is 5.69 Å². The molecule has 5 nitrogen and oxygen atoms in total. The Morgan fingerprint density at radius 3 is 2.08 bits per heavy atom. The first-order chi connectivity index (χ1) is 11.8. The highest BCUT2D eigenvalue weighted by molar-refractivity contribution is 9.14. The third kappa shape index (κ3) is 4.11. The predicted molar refractivity (Wildman–Crippen MR) is 109 cm³/mol. The molecule has 3 rings (SSSR count). The van der Waals surface area contributed by atoms with Gasteiger partial charge in [-0.1, -0.05) is 11.6 Å². The summed E-state index contributed by atoms with van der Waals surface area (Å²) in [5, 5.41) is 4.81. The third-order valence-corrected chi connectivity index (χ3v) is 7.98. The molecule has 0 aliphatic heterocycles. The molecular formula is C15H9Br3ClN3O2S. The van der Waals surface area contributed by atoms with Crippen LogP contribution in [0.15, 0.2) is 67.1 Å². The molecule has 0 aliphatic rings. The molecule has 0 fully saturated rings. The molecule has 0 atom stereocenters. The zero-order chi connectivity index (χ0) is 18.2. The Bertz CT molecular complexity index is 1020. The quantitative estimate of drug-likeness (QED) is 0.444. The van der Waals surface area contributed by atoms with E-state index in [0.717, 1.165) is 14.8 Å². The fourth-order valence-corrected chi connectivity index (χ4v) is 4.54. The number of benzene rings is 2. The maximum Gasteiger partial charge on any atom is 0.261 e. The van der Waals surface area contributed by atoms with Crippen LogP contribution in [0.25, 0.3) is 5.69 Å². The van der Waals surface area contributed by atoms with Crippen LogP contribution in [0.3, 0.4) is 0 Å². The number of rotatable bonds is 4. The number of sulfonamides is 1. The summed E-state index contributed by atoms with van der Waals surface area (Å²) < 4.78 is 31.2. The van der Waals surface area contributed by atoms with Crippen molar-refractivity contribution in [2.45, 2.75) is 4.90 Å². The molecular weight excluding hydrogens is 561 g/mol. The van der Waals surface area contributed by atoms with Gasteiger partial charge in [-0.25, -0.2) is 13.1 Å². The van der Waals surface area contributed by atoms with E-state index in [2.05, 4.69) is 57.6 Å². The predicted octanol–water partition coefficient (Wildman–Crippen LogP) is 5.61. The van der Waals surface area contributed by atoms with Gasteiger partial charge in [0.2, 0.25) is 0 Å². The van der Waals surface area contributed by atoms with E-state index >= 15 is 0 Å². The van der Waals surface area contributed by atoms with Crippen LogP contribution in [0.5, 0.6) is 0 Å². The van der Waals surface area contributed by atoms with Crippen molar-refractivity contribution < 1.29 is 8.42 Å². The van der Waals surface area contributed by atoms with E-state index in [4.69, 9.17) is 11.6 Å². The lowest BCUT2D eigenvalue weighted by Gasteiger charge is -2.09. The van der Waals surface area contributed by atoms with Crippen molar-refractivity contribution >= 4 is 75.1 Å². The van der Waals surface area contributed by atoms with Gasteiger partial charge in [-0.3, -0.25) is 4.72 Å². The number of halogens is 4. The average Bonchev–Trinajstić information content (AvgIpc) is 2.83. The lowest BCUT2D eigenvalue weighted by Crippen LogP contribution is -2.12. The Morgan fingerprint density at radius 1 is 0.960 bits per heavy atom. The van der Waals surface area contributed by atoms with Crippen molar-refractivity contribution in [3.8, 4) is 5.69 Å². The summed E-state index contributed by atoms with van der Waals surface area (Å²) in [7, 11) is -3.67. The second-order valence-electron chi connectivity index (χ2n) is 4.91. The first-order valence-corrected chi connectivity index (χ1v) is 11.0. The van der Waals surface area contributed by atoms with Crippen LogP contribution in [0, 0.1) is 0 Å². The molecule has 2 aromatic carbocycles. The maximum absolute atomic E-state index is 12.4. The second kappa shape index (κ2) is 7.40. The fourth-order valence-electron chi connectivity index (χ4n) is 2.02. The highest BCUT2D eigenvalue weighted by atomic mass is 79.9. The van der Waals surface area contributed by atoms with E-state index in [1.54, 1.807) is 28.9 Å². The molecule has 25 heavy (non-hydrogen) atoms. The monoisotopic (exact) mass is 567 g/mol. The van der Waals surface area contributed by atoms with E-state index in [-0.39, 0.29) is 4.90 Å². The van der Waals surface area contributed by atoms with Gasteiger partial charge >= 0.3 is 0 Å². The number of hydrogen-bond donors (Lipinski definition) is 1. The molecule has 1 N–H and O–H groups in total. The molecule has 3 aromatic rings. The molecule has 130 valence electrons. The minimum absolute atomic E-state index is 0.142. The third-order valence-electron chi connectivity index (χ3n) is 3.22. The zero-order valence-electron chi connectivity index (χ0n) is 12.2. The van der Waals surface area contributed by atoms with Gasteiger partial charge < -0.3 is 0 Å². The first-order valence-electron chi connectivity index (χ1n) is 6.76. The van der Waals surface area contributed by atoms with E-state index in [0.29, 0.717) is 15.3 Å². The zero-order valence-corrected chi connectivity index (χ0v) is 18.6. The molecule has 0 bridgehead atoms. The minimum Gasteiger partial charge on any atom is -0.280 e. The maximum atomic E-state index is 12.4. The van der Waals surface area contributed by atoms with Crippen LogP contribution in [0.1, 0.15) is 0 Å². The Balaban J connectivity index is 1.85. The molecule has 0 saturated carbocycles. The van der Waals surface area contributed by atoms with Gasteiger partial charge in [-0.05, 0) is 96.3 Å². The Kier molecular flexibility index (Phi) is 5.60. The number of hydrogen-bond acceptors (Lipinski definition) is 3. The molecule has 0 radical (unpaired) electrons. The molecule has 10 heteroatoms. The van der Waals surface area contributed by atoms with Gasteiger partial charge in [0.1, 0.15) is 9.21 Å². The minimum atomic E-state index is -3.67. The number of nitrogens with zero attached hydrogens (tertiary/aromatic N) is 2. The fraction of sp³-hybridized carbons (Fsp3) is 0. The van der Waals surface area contributed by atoms with Crippen LogP contribution >= 0.6 is 59.4 Å².